The Morgan fingerprint density at radius 1 is 1.04 bits per heavy atom. The second kappa shape index (κ2) is 6.36. The van der Waals surface area contributed by atoms with Crippen molar-refractivity contribution in [1.29, 1.82) is 0 Å². The Labute approximate surface area is 151 Å². The molecule has 4 nitrogen and oxygen atoms in total. The molecule has 25 heavy (non-hydrogen) atoms. The van der Waals surface area contributed by atoms with E-state index in [0.29, 0.717) is 0 Å². The summed E-state index contributed by atoms with van der Waals surface area (Å²) in [5.41, 5.74) is 2.82. The molecule has 5 heteroatoms. The summed E-state index contributed by atoms with van der Waals surface area (Å²) in [6.45, 7) is 1.90. The second-order valence-electron chi connectivity index (χ2n) is 5.72. The average Bonchev–Trinajstić information content (AvgIpc) is 2.99. The van der Waals surface area contributed by atoms with E-state index in [2.05, 4.69) is 5.10 Å². The molecule has 0 N–H and O–H groups in total. The molecule has 0 atom stereocenters. The molecule has 0 saturated carbocycles. The van der Waals surface area contributed by atoms with E-state index in [1.807, 2.05) is 66.2 Å². The SMILES string of the molecule is COc1cccc(-c2cc(=O)c3c(C)nn(-c4ccccc4)c3[se]2)c1. The van der Waals surface area contributed by atoms with Crippen LogP contribution in [0.1, 0.15) is 5.69 Å². The molecule has 2 aromatic heterocycles. The van der Waals surface area contributed by atoms with Crippen molar-refractivity contribution in [2.24, 2.45) is 0 Å². The van der Waals surface area contributed by atoms with E-state index in [1.54, 1.807) is 13.2 Å². The van der Waals surface area contributed by atoms with Gasteiger partial charge in [0.1, 0.15) is 0 Å². The minimum absolute atomic E-state index is 0.0211. The van der Waals surface area contributed by atoms with Gasteiger partial charge < -0.3 is 0 Å². The molecule has 0 fully saturated rings. The quantitative estimate of drug-likeness (QED) is 0.500. The summed E-state index contributed by atoms with van der Waals surface area (Å²) in [7, 11) is 1.65. The van der Waals surface area contributed by atoms with Gasteiger partial charge in [-0.05, 0) is 0 Å². The molecule has 0 amide bonds. The number of benzene rings is 2. The molecule has 2 aromatic carbocycles. The van der Waals surface area contributed by atoms with Gasteiger partial charge >= 0.3 is 151 Å². The van der Waals surface area contributed by atoms with E-state index in [1.165, 1.54) is 0 Å². The van der Waals surface area contributed by atoms with Crippen LogP contribution in [0.15, 0.2) is 65.5 Å². The molecule has 0 aliphatic heterocycles. The summed E-state index contributed by atoms with van der Waals surface area (Å²) in [5.74, 6) is 0.792. The molecule has 0 spiro atoms. The van der Waals surface area contributed by atoms with Gasteiger partial charge in [0, 0.05) is 0 Å². The summed E-state index contributed by atoms with van der Waals surface area (Å²) < 4.78 is 9.27. The summed E-state index contributed by atoms with van der Waals surface area (Å²) in [6.07, 6.45) is 0. The fourth-order valence-corrected chi connectivity index (χ4v) is 5.39. The summed E-state index contributed by atoms with van der Waals surface area (Å²) in [6, 6.07) is 19.6. The van der Waals surface area contributed by atoms with E-state index in [9.17, 15) is 4.79 Å². The fraction of sp³-hybridized carbons (Fsp3) is 0.100. The van der Waals surface area contributed by atoms with Crippen LogP contribution >= 0.6 is 0 Å². The predicted octanol–water partition coefficient (Wildman–Crippen LogP) is 3.43. The Balaban J connectivity index is 1.98. The standard InChI is InChI=1S/C20H16N2O2Se/c1-13-19-17(23)12-18(14-7-6-10-16(11-14)24-2)25-20(19)22(21-13)15-8-4-3-5-9-15/h3-12H,1-2H3. The number of ether oxygens (including phenoxy) is 1. The van der Waals surface area contributed by atoms with Gasteiger partial charge in [-0.3, -0.25) is 0 Å². The van der Waals surface area contributed by atoms with Crippen molar-refractivity contribution >= 4 is 24.3 Å². The van der Waals surface area contributed by atoms with Crippen LogP contribution in [0.25, 0.3) is 25.5 Å². The van der Waals surface area contributed by atoms with Crippen LogP contribution in [-0.2, 0) is 0 Å². The van der Waals surface area contributed by atoms with Crippen LogP contribution in [0, 0.1) is 6.92 Å². The van der Waals surface area contributed by atoms with Crippen molar-refractivity contribution < 1.29 is 4.74 Å². The third kappa shape index (κ3) is 2.82. The van der Waals surface area contributed by atoms with Crippen LogP contribution in [0.2, 0.25) is 0 Å². The van der Waals surface area contributed by atoms with Gasteiger partial charge in [0.05, 0.1) is 0 Å². The molecule has 4 rings (SSSR count). The Hall–Kier alpha value is -2.62. The zero-order chi connectivity index (χ0) is 17.4. The van der Waals surface area contributed by atoms with E-state index in [0.717, 1.165) is 36.9 Å². The number of hydrogen-bond donors (Lipinski definition) is 0. The molecule has 0 unspecified atom stereocenters. The summed E-state index contributed by atoms with van der Waals surface area (Å²) in [4.78, 5) is 12.7. The fourth-order valence-electron chi connectivity index (χ4n) is 2.87. The molecule has 2 heterocycles. The zero-order valence-electron chi connectivity index (χ0n) is 13.9. The maximum absolute atomic E-state index is 12.7. The summed E-state index contributed by atoms with van der Waals surface area (Å²) >= 11 is -0.0211. The molecular weight excluding hydrogens is 379 g/mol. The van der Waals surface area contributed by atoms with Crippen LogP contribution < -0.4 is 10.2 Å². The Morgan fingerprint density at radius 2 is 1.84 bits per heavy atom. The summed E-state index contributed by atoms with van der Waals surface area (Å²) in [5, 5.41) is 5.37. The molecular formula is C20H16N2O2Se. The zero-order valence-corrected chi connectivity index (χ0v) is 15.6. The number of aryl methyl sites for hydroxylation is 1. The topological polar surface area (TPSA) is 44.1 Å². The van der Waals surface area contributed by atoms with E-state index < -0.39 is 0 Å². The Kier molecular flexibility index (Phi) is 4.04. The van der Waals surface area contributed by atoms with Crippen LogP contribution in [0.4, 0.5) is 0 Å². The first-order valence-electron chi connectivity index (χ1n) is 7.90. The monoisotopic (exact) mass is 396 g/mol. The van der Waals surface area contributed by atoms with Gasteiger partial charge in [0.25, 0.3) is 0 Å². The Bertz CT molecular complexity index is 1110. The number of para-hydroxylation sites is 1. The molecule has 0 saturated heterocycles. The molecule has 124 valence electrons. The number of aromatic nitrogens is 2. The van der Waals surface area contributed by atoms with Crippen LogP contribution in [0.3, 0.4) is 0 Å². The molecule has 0 bridgehead atoms. The van der Waals surface area contributed by atoms with E-state index >= 15 is 0 Å². The van der Waals surface area contributed by atoms with Crippen LogP contribution in [0.5, 0.6) is 5.75 Å². The van der Waals surface area contributed by atoms with Gasteiger partial charge in [-0.25, -0.2) is 0 Å². The minimum atomic E-state index is -0.0211. The normalized spacial score (nSPS) is 11.0. The third-order valence-electron chi connectivity index (χ3n) is 4.09. The van der Waals surface area contributed by atoms with Gasteiger partial charge in [-0.15, -0.1) is 0 Å². The predicted molar refractivity (Wildman–Crippen MR) is 101 cm³/mol. The van der Waals surface area contributed by atoms with Crippen molar-refractivity contribution in [1.82, 2.24) is 9.78 Å². The van der Waals surface area contributed by atoms with Crippen molar-refractivity contribution in [2.75, 3.05) is 7.11 Å². The van der Waals surface area contributed by atoms with Crippen molar-refractivity contribution in [2.45, 2.75) is 6.92 Å². The molecule has 0 aliphatic carbocycles. The van der Waals surface area contributed by atoms with Gasteiger partial charge in [-0.2, -0.15) is 0 Å². The first-order chi connectivity index (χ1) is 12.2. The number of hydrogen-bond acceptors (Lipinski definition) is 3. The molecule has 0 radical (unpaired) electrons. The second-order valence-corrected chi connectivity index (χ2v) is 7.88. The first-order valence-corrected chi connectivity index (χ1v) is 9.62. The average molecular weight is 395 g/mol. The van der Waals surface area contributed by atoms with Crippen molar-refractivity contribution in [3.05, 3.63) is 76.6 Å². The van der Waals surface area contributed by atoms with E-state index in [4.69, 9.17) is 4.74 Å². The van der Waals surface area contributed by atoms with Crippen molar-refractivity contribution in [3.63, 3.8) is 0 Å². The Morgan fingerprint density at radius 3 is 2.60 bits per heavy atom. The van der Waals surface area contributed by atoms with Gasteiger partial charge in [0.2, 0.25) is 0 Å². The van der Waals surface area contributed by atoms with Gasteiger partial charge in [0.15, 0.2) is 0 Å². The van der Waals surface area contributed by atoms with Crippen LogP contribution in [-0.4, -0.2) is 31.4 Å². The number of rotatable bonds is 3. The molecule has 0 aliphatic rings. The number of methoxy groups -OCH3 is 1. The van der Waals surface area contributed by atoms with Crippen molar-refractivity contribution in [3.8, 4) is 21.4 Å². The number of nitrogens with zero attached hydrogens (tertiary/aromatic N) is 2. The van der Waals surface area contributed by atoms with Gasteiger partial charge in [-0.1, -0.05) is 0 Å². The number of fused-ring (bicyclic) bond motifs is 1. The molecule has 4 aromatic rings. The maximum atomic E-state index is 12.7. The third-order valence-corrected chi connectivity index (χ3v) is 6.49. The first kappa shape index (κ1) is 15.9. The van der Waals surface area contributed by atoms with E-state index in [-0.39, 0.29) is 19.9 Å².